The fourth-order valence-corrected chi connectivity index (χ4v) is 2.40. The van der Waals surface area contributed by atoms with Crippen LogP contribution in [0.3, 0.4) is 0 Å². The SMILES string of the molecule is CSc1ccc(OCCC2CCCN2)cc1. The van der Waals surface area contributed by atoms with Gasteiger partial charge in [-0.15, -0.1) is 11.8 Å². The van der Waals surface area contributed by atoms with E-state index < -0.39 is 0 Å². The summed E-state index contributed by atoms with van der Waals surface area (Å²) in [5, 5.41) is 3.48. The second-order valence-electron chi connectivity index (χ2n) is 4.11. The van der Waals surface area contributed by atoms with Crippen molar-refractivity contribution in [2.24, 2.45) is 0 Å². The van der Waals surface area contributed by atoms with Crippen LogP contribution >= 0.6 is 11.8 Å². The molecule has 1 heterocycles. The lowest BCUT2D eigenvalue weighted by atomic mass is 10.2. The van der Waals surface area contributed by atoms with Crippen LogP contribution in [0.2, 0.25) is 0 Å². The summed E-state index contributed by atoms with van der Waals surface area (Å²) in [4.78, 5) is 1.28. The molecular weight excluding hydrogens is 218 g/mol. The molecule has 2 nitrogen and oxygen atoms in total. The molecule has 1 aromatic rings. The van der Waals surface area contributed by atoms with E-state index in [1.54, 1.807) is 11.8 Å². The number of hydrogen-bond donors (Lipinski definition) is 1. The fraction of sp³-hybridized carbons (Fsp3) is 0.538. The molecule has 0 aliphatic carbocycles. The minimum atomic E-state index is 0.672. The second kappa shape index (κ2) is 6.16. The average Bonchev–Trinajstić information content (AvgIpc) is 2.83. The Bertz CT molecular complexity index is 306. The fourth-order valence-electron chi connectivity index (χ4n) is 1.99. The number of nitrogens with one attached hydrogen (secondary N) is 1. The largest absolute Gasteiger partial charge is 0.494 e. The highest BCUT2D eigenvalue weighted by molar-refractivity contribution is 7.98. The van der Waals surface area contributed by atoms with Gasteiger partial charge in [0.1, 0.15) is 5.75 Å². The van der Waals surface area contributed by atoms with Gasteiger partial charge < -0.3 is 10.1 Å². The van der Waals surface area contributed by atoms with Crippen LogP contribution in [0.5, 0.6) is 5.75 Å². The molecule has 88 valence electrons. The van der Waals surface area contributed by atoms with Crippen molar-refractivity contribution in [1.82, 2.24) is 5.32 Å². The topological polar surface area (TPSA) is 21.3 Å². The van der Waals surface area contributed by atoms with E-state index in [2.05, 4.69) is 23.7 Å². The molecule has 3 heteroatoms. The van der Waals surface area contributed by atoms with E-state index in [-0.39, 0.29) is 0 Å². The molecule has 0 spiro atoms. The van der Waals surface area contributed by atoms with E-state index in [1.165, 1.54) is 24.3 Å². The van der Waals surface area contributed by atoms with Gasteiger partial charge >= 0.3 is 0 Å². The number of ether oxygens (including phenoxy) is 1. The summed E-state index contributed by atoms with van der Waals surface area (Å²) in [5.41, 5.74) is 0. The highest BCUT2D eigenvalue weighted by Gasteiger charge is 2.13. The Labute approximate surface area is 102 Å². The van der Waals surface area contributed by atoms with Gasteiger partial charge in [0.2, 0.25) is 0 Å². The molecule has 1 fully saturated rings. The first-order chi connectivity index (χ1) is 7.88. The van der Waals surface area contributed by atoms with Crippen LogP contribution in [0.4, 0.5) is 0 Å². The van der Waals surface area contributed by atoms with E-state index in [0.717, 1.165) is 18.8 Å². The highest BCUT2D eigenvalue weighted by atomic mass is 32.2. The third-order valence-corrected chi connectivity index (χ3v) is 3.70. The Hall–Kier alpha value is -0.670. The third kappa shape index (κ3) is 3.42. The molecule has 1 saturated heterocycles. The van der Waals surface area contributed by atoms with Gasteiger partial charge in [0, 0.05) is 10.9 Å². The number of rotatable bonds is 5. The molecule has 0 aromatic heterocycles. The predicted molar refractivity (Wildman–Crippen MR) is 69.4 cm³/mol. The molecule has 0 amide bonds. The normalized spacial score (nSPS) is 19.9. The van der Waals surface area contributed by atoms with Crippen molar-refractivity contribution in [3.8, 4) is 5.75 Å². The first-order valence-corrected chi connectivity index (χ1v) is 7.11. The Balaban J connectivity index is 1.71. The molecule has 1 unspecified atom stereocenters. The molecule has 0 radical (unpaired) electrons. The van der Waals surface area contributed by atoms with Gasteiger partial charge in [-0.05, 0) is 56.3 Å². The van der Waals surface area contributed by atoms with Gasteiger partial charge in [-0.1, -0.05) is 0 Å². The second-order valence-corrected chi connectivity index (χ2v) is 4.99. The first-order valence-electron chi connectivity index (χ1n) is 5.89. The Morgan fingerprint density at radius 1 is 1.38 bits per heavy atom. The van der Waals surface area contributed by atoms with Crippen molar-refractivity contribution in [2.45, 2.75) is 30.2 Å². The highest BCUT2D eigenvalue weighted by Crippen LogP contribution is 2.19. The molecule has 0 bridgehead atoms. The maximum atomic E-state index is 5.72. The standard InChI is InChI=1S/C13H19NOS/c1-16-13-6-4-12(5-7-13)15-10-8-11-3-2-9-14-11/h4-7,11,14H,2-3,8-10H2,1H3. The summed E-state index contributed by atoms with van der Waals surface area (Å²) >= 11 is 1.76. The van der Waals surface area contributed by atoms with E-state index in [4.69, 9.17) is 4.74 Å². The lowest BCUT2D eigenvalue weighted by Crippen LogP contribution is -2.23. The zero-order chi connectivity index (χ0) is 11.2. The molecule has 0 saturated carbocycles. The first kappa shape index (κ1) is 11.8. The van der Waals surface area contributed by atoms with Crippen molar-refractivity contribution in [3.63, 3.8) is 0 Å². The summed E-state index contributed by atoms with van der Waals surface area (Å²) in [5.74, 6) is 0.982. The van der Waals surface area contributed by atoms with Crippen LogP contribution in [-0.2, 0) is 0 Å². The van der Waals surface area contributed by atoms with Crippen molar-refractivity contribution < 1.29 is 4.74 Å². The Morgan fingerprint density at radius 3 is 2.81 bits per heavy atom. The van der Waals surface area contributed by atoms with Crippen molar-refractivity contribution in [1.29, 1.82) is 0 Å². The summed E-state index contributed by atoms with van der Waals surface area (Å²) in [6.07, 6.45) is 5.81. The van der Waals surface area contributed by atoms with Crippen LogP contribution in [-0.4, -0.2) is 25.4 Å². The van der Waals surface area contributed by atoms with Crippen molar-refractivity contribution >= 4 is 11.8 Å². The summed E-state index contributed by atoms with van der Waals surface area (Å²) in [6.45, 7) is 1.99. The maximum absolute atomic E-state index is 5.72. The molecule has 1 aliphatic heterocycles. The average molecular weight is 237 g/mol. The van der Waals surface area contributed by atoms with Gasteiger partial charge in [-0.2, -0.15) is 0 Å². The Morgan fingerprint density at radius 2 is 2.19 bits per heavy atom. The molecule has 1 aliphatic rings. The molecular formula is C13H19NOS. The van der Waals surface area contributed by atoms with Crippen LogP contribution < -0.4 is 10.1 Å². The number of hydrogen-bond acceptors (Lipinski definition) is 3. The summed E-state index contributed by atoms with van der Waals surface area (Å²) < 4.78 is 5.72. The van der Waals surface area contributed by atoms with Crippen LogP contribution in [0, 0.1) is 0 Å². The van der Waals surface area contributed by atoms with Crippen LogP contribution in [0.1, 0.15) is 19.3 Å². The van der Waals surface area contributed by atoms with Crippen molar-refractivity contribution in [3.05, 3.63) is 24.3 Å². The molecule has 1 aromatic carbocycles. The summed E-state index contributed by atoms with van der Waals surface area (Å²) in [6, 6.07) is 8.98. The summed E-state index contributed by atoms with van der Waals surface area (Å²) in [7, 11) is 0. The monoisotopic (exact) mass is 237 g/mol. The lowest BCUT2D eigenvalue weighted by molar-refractivity contribution is 0.292. The van der Waals surface area contributed by atoms with Gasteiger partial charge in [0.25, 0.3) is 0 Å². The lowest BCUT2D eigenvalue weighted by Gasteiger charge is -2.11. The van der Waals surface area contributed by atoms with Gasteiger partial charge in [0.15, 0.2) is 0 Å². The quantitative estimate of drug-likeness (QED) is 0.796. The van der Waals surface area contributed by atoms with Gasteiger partial charge in [0.05, 0.1) is 6.61 Å². The number of thioether (sulfide) groups is 1. The minimum absolute atomic E-state index is 0.672. The Kier molecular flexibility index (Phi) is 4.55. The van der Waals surface area contributed by atoms with E-state index in [0.29, 0.717) is 6.04 Å². The van der Waals surface area contributed by atoms with E-state index in [1.807, 2.05) is 12.1 Å². The van der Waals surface area contributed by atoms with Gasteiger partial charge in [-0.25, -0.2) is 0 Å². The minimum Gasteiger partial charge on any atom is -0.494 e. The zero-order valence-electron chi connectivity index (χ0n) is 9.74. The van der Waals surface area contributed by atoms with Crippen LogP contribution in [0.25, 0.3) is 0 Å². The number of benzene rings is 1. The molecule has 1 N–H and O–H groups in total. The molecule has 16 heavy (non-hydrogen) atoms. The zero-order valence-corrected chi connectivity index (χ0v) is 10.6. The molecule has 2 rings (SSSR count). The van der Waals surface area contributed by atoms with Gasteiger partial charge in [-0.3, -0.25) is 0 Å². The maximum Gasteiger partial charge on any atom is 0.119 e. The third-order valence-electron chi connectivity index (χ3n) is 2.96. The smallest absolute Gasteiger partial charge is 0.119 e. The van der Waals surface area contributed by atoms with Crippen LogP contribution in [0.15, 0.2) is 29.2 Å². The molecule has 1 atom stereocenters. The van der Waals surface area contributed by atoms with E-state index in [9.17, 15) is 0 Å². The van der Waals surface area contributed by atoms with Crippen molar-refractivity contribution in [2.75, 3.05) is 19.4 Å². The predicted octanol–water partition coefficient (Wildman–Crippen LogP) is 2.93. The van der Waals surface area contributed by atoms with E-state index >= 15 is 0 Å².